The van der Waals surface area contributed by atoms with Crippen LogP contribution in [0.1, 0.15) is 67.8 Å². The van der Waals surface area contributed by atoms with Crippen molar-refractivity contribution in [2.45, 2.75) is 76.5 Å². The molecule has 146 valence electrons. The highest BCUT2D eigenvalue weighted by Gasteiger charge is 2.30. The van der Waals surface area contributed by atoms with Gasteiger partial charge < -0.3 is 15.4 Å². The zero-order chi connectivity index (χ0) is 18.8. The molecule has 0 aromatic heterocycles. The van der Waals surface area contributed by atoms with Gasteiger partial charge in [-0.3, -0.25) is 4.79 Å². The second kappa shape index (κ2) is 8.24. The van der Waals surface area contributed by atoms with Gasteiger partial charge in [-0.1, -0.05) is 23.3 Å². The molecule has 1 fully saturated rings. The maximum absolute atomic E-state index is 13.2. The van der Waals surface area contributed by atoms with Gasteiger partial charge in [-0.15, -0.1) is 0 Å². The summed E-state index contributed by atoms with van der Waals surface area (Å²) in [5, 5.41) is 7.49. The minimum absolute atomic E-state index is 0.0713. The summed E-state index contributed by atoms with van der Waals surface area (Å²) in [6.45, 7) is 3.06. The molecule has 0 saturated carbocycles. The molecule has 0 bridgehead atoms. The van der Waals surface area contributed by atoms with E-state index in [0.717, 1.165) is 37.8 Å². The Kier molecular flexibility index (Phi) is 5.74. The SMILES string of the molecule is CC1Cc2cc(Cl)cc(C(=O)NC(CC3=CCCCC3)C3CCCN3)c2O1. The first-order chi connectivity index (χ1) is 13.1. The van der Waals surface area contributed by atoms with Crippen LogP contribution >= 0.6 is 11.6 Å². The minimum Gasteiger partial charge on any atom is -0.489 e. The van der Waals surface area contributed by atoms with Crippen molar-refractivity contribution >= 4 is 17.5 Å². The lowest BCUT2D eigenvalue weighted by Crippen LogP contribution is -2.47. The van der Waals surface area contributed by atoms with Gasteiger partial charge in [0.1, 0.15) is 11.9 Å². The van der Waals surface area contributed by atoms with Crippen molar-refractivity contribution in [1.29, 1.82) is 0 Å². The Morgan fingerprint density at radius 2 is 2.26 bits per heavy atom. The Bertz CT molecular complexity index is 740. The predicted octanol–water partition coefficient (Wildman–Crippen LogP) is 4.40. The molecule has 4 nitrogen and oxygen atoms in total. The van der Waals surface area contributed by atoms with Crippen molar-refractivity contribution in [3.8, 4) is 5.75 Å². The van der Waals surface area contributed by atoms with Crippen molar-refractivity contribution in [3.05, 3.63) is 39.9 Å². The summed E-state index contributed by atoms with van der Waals surface area (Å²) in [5.74, 6) is 0.636. The third-order valence-corrected chi connectivity index (χ3v) is 6.19. The summed E-state index contributed by atoms with van der Waals surface area (Å²) < 4.78 is 5.92. The van der Waals surface area contributed by atoms with Crippen molar-refractivity contribution in [1.82, 2.24) is 10.6 Å². The van der Waals surface area contributed by atoms with E-state index in [4.69, 9.17) is 16.3 Å². The first kappa shape index (κ1) is 18.8. The van der Waals surface area contributed by atoms with Crippen molar-refractivity contribution < 1.29 is 9.53 Å². The Labute approximate surface area is 166 Å². The molecule has 1 aromatic rings. The number of ether oxygens (including phenoxy) is 1. The lowest BCUT2D eigenvalue weighted by atomic mass is 9.91. The van der Waals surface area contributed by atoms with Crippen molar-refractivity contribution in [2.75, 3.05) is 6.54 Å². The molecule has 3 atom stereocenters. The molecule has 0 spiro atoms. The van der Waals surface area contributed by atoms with Gasteiger partial charge in [-0.2, -0.15) is 0 Å². The topological polar surface area (TPSA) is 50.4 Å². The van der Waals surface area contributed by atoms with Gasteiger partial charge in [0.25, 0.3) is 5.91 Å². The molecule has 2 aliphatic heterocycles. The van der Waals surface area contributed by atoms with Crippen LogP contribution in [0.3, 0.4) is 0 Å². The van der Waals surface area contributed by atoms with Crippen LogP contribution in [0.5, 0.6) is 5.75 Å². The first-order valence-corrected chi connectivity index (χ1v) is 10.7. The van der Waals surface area contributed by atoms with E-state index < -0.39 is 0 Å². The number of halogens is 1. The van der Waals surface area contributed by atoms with Crippen LogP contribution in [-0.4, -0.2) is 30.6 Å². The molecule has 1 aliphatic carbocycles. The number of nitrogens with one attached hydrogen (secondary N) is 2. The highest BCUT2D eigenvalue weighted by Crippen LogP contribution is 2.35. The molecule has 3 unspecified atom stereocenters. The summed E-state index contributed by atoms with van der Waals surface area (Å²) in [5.41, 5.74) is 3.09. The van der Waals surface area contributed by atoms with Gasteiger partial charge in [0.2, 0.25) is 0 Å². The van der Waals surface area contributed by atoms with Gasteiger partial charge >= 0.3 is 0 Å². The van der Waals surface area contributed by atoms with Gasteiger partial charge in [0.05, 0.1) is 5.56 Å². The van der Waals surface area contributed by atoms with E-state index in [1.165, 1.54) is 31.3 Å². The minimum atomic E-state index is -0.0713. The Morgan fingerprint density at radius 3 is 3.00 bits per heavy atom. The number of carbonyl (C=O) groups is 1. The number of hydrogen-bond acceptors (Lipinski definition) is 3. The van der Waals surface area contributed by atoms with Gasteiger partial charge in [0, 0.05) is 29.1 Å². The van der Waals surface area contributed by atoms with Crippen LogP contribution in [0.25, 0.3) is 0 Å². The van der Waals surface area contributed by atoms with Gasteiger partial charge in [-0.05, 0) is 70.5 Å². The summed E-state index contributed by atoms with van der Waals surface area (Å²) in [6.07, 6.45) is 11.4. The summed E-state index contributed by atoms with van der Waals surface area (Å²) in [7, 11) is 0. The highest BCUT2D eigenvalue weighted by molar-refractivity contribution is 6.31. The number of hydrogen-bond donors (Lipinski definition) is 2. The van der Waals surface area contributed by atoms with Crippen LogP contribution in [0, 0.1) is 0 Å². The molecular weight excluding hydrogens is 360 g/mol. The van der Waals surface area contributed by atoms with Crippen LogP contribution < -0.4 is 15.4 Å². The van der Waals surface area contributed by atoms with Crippen LogP contribution in [0.15, 0.2) is 23.8 Å². The average Bonchev–Trinajstić information content (AvgIpc) is 3.30. The van der Waals surface area contributed by atoms with Crippen LogP contribution in [0.4, 0.5) is 0 Å². The zero-order valence-electron chi connectivity index (χ0n) is 16.0. The first-order valence-electron chi connectivity index (χ1n) is 10.3. The van der Waals surface area contributed by atoms with Crippen molar-refractivity contribution in [2.24, 2.45) is 0 Å². The van der Waals surface area contributed by atoms with E-state index in [9.17, 15) is 4.79 Å². The van der Waals surface area contributed by atoms with E-state index in [1.54, 1.807) is 6.07 Å². The molecule has 2 N–H and O–H groups in total. The molecule has 27 heavy (non-hydrogen) atoms. The van der Waals surface area contributed by atoms with Gasteiger partial charge in [0.15, 0.2) is 0 Å². The molecule has 1 saturated heterocycles. The standard InChI is InChI=1S/C22H29ClN2O2/c1-14-10-16-12-17(23)13-18(21(16)27-14)22(26)25-20(19-8-5-9-24-19)11-15-6-3-2-4-7-15/h6,12-14,19-20,24H,2-5,7-11H2,1H3,(H,25,26). The zero-order valence-corrected chi connectivity index (χ0v) is 16.8. The number of amides is 1. The molecule has 1 amide bonds. The Morgan fingerprint density at radius 1 is 1.37 bits per heavy atom. The monoisotopic (exact) mass is 388 g/mol. The molecule has 2 heterocycles. The fourth-order valence-electron chi connectivity index (χ4n) is 4.63. The summed E-state index contributed by atoms with van der Waals surface area (Å²) in [4.78, 5) is 13.2. The number of allylic oxidation sites excluding steroid dienone is 1. The van der Waals surface area contributed by atoms with Crippen LogP contribution in [-0.2, 0) is 6.42 Å². The largest absolute Gasteiger partial charge is 0.489 e. The summed E-state index contributed by atoms with van der Waals surface area (Å²) >= 11 is 6.28. The lowest BCUT2D eigenvalue weighted by Gasteiger charge is -2.27. The Balaban J connectivity index is 1.54. The number of carbonyl (C=O) groups excluding carboxylic acids is 1. The van der Waals surface area contributed by atoms with E-state index in [2.05, 4.69) is 16.7 Å². The summed E-state index contributed by atoms with van der Waals surface area (Å²) in [6, 6.07) is 4.11. The van der Waals surface area contributed by atoms with E-state index in [-0.39, 0.29) is 18.1 Å². The van der Waals surface area contributed by atoms with Crippen molar-refractivity contribution in [3.63, 3.8) is 0 Å². The van der Waals surface area contributed by atoms with Gasteiger partial charge in [-0.25, -0.2) is 0 Å². The molecular formula is C22H29ClN2O2. The molecule has 1 aromatic carbocycles. The maximum atomic E-state index is 13.2. The predicted molar refractivity (Wildman–Crippen MR) is 109 cm³/mol. The smallest absolute Gasteiger partial charge is 0.255 e. The third-order valence-electron chi connectivity index (χ3n) is 5.97. The molecule has 5 heteroatoms. The second-order valence-electron chi connectivity index (χ2n) is 8.17. The molecule has 4 rings (SSSR count). The quantitative estimate of drug-likeness (QED) is 0.735. The molecule has 0 radical (unpaired) electrons. The number of fused-ring (bicyclic) bond motifs is 1. The Hall–Kier alpha value is -1.52. The highest BCUT2D eigenvalue weighted by atomic mass is 35.5. The number of rotatable bonds is 5. The normalized spacial score (nSPS) is 25.5. The fourth-order valence-corrected chi connectivity index (χ4v) is 4.87. The fraction of sp³-hybridized carbons (Fsp3) is 0.591. The third kappa shape index (κ3) is 4.33. The van der Waals surface area contributed by atoms with E-state index in [0.29, 0.717) is 22.4 Å². The molecule has 3 aliphatic rings. The maximum Gasteiger partial charge on any atom is 0.255 e. The lowest BCUT2D eigenvalue weighted by molar-refractivity contribution is 0.0924. The average molecular weight is 389 g/mol. The van der Waals surface area contributed by atoms with E-state index in [1.807, 2.05) is 13.0 Å². The van der Waals surface area contributed by atoms with E-state index >= 15 is 0 Å². The van der Waals surface area contributed by atoms with Crippen LogP contribution in [0.2, 0.25) is 5.02 Å². The second-order valence-corrected chi connectivity index (χ2v) is 8.61. The number of benzene rings is 1.